The predicted octanol–water partition coefficient (Wildman–Crippen LogP) is 0.508. The number of hydrogen-bond donors (Lipinski definition) is 0. The first-order valence-electron chi connectivity index (χ1n) is 3.58. The van der Waals surface area contributed by atoms with Gasteiger partial charge in [0.25, 0.3) is 0 Å². The van der Waals surface area contributed by atoms with Crippen molar-refractivity contribution in [1.82, 2.24) is 0 Å². The Kier molecular flexibility index (Phi) is 2.95. The van der Waals surface area contributed by atoms with Crippen molar-refractivity contribution in [3.8, 4) is 0 Å². The Morgan fingerprint density at radius 2 is 2.25 bits per heavy atom. The molecule has 12 heavy (non-hydrogen) atoms. The lowest BCUT2D eigenvalue weighted by atomic mass is 10.1. The first-order chi connectivity index (χ1) is 5.49. The minimum Gasteiger partial charge on any atom is -0.465 e. The Morgan fingerprint density at radius 1 is 1.58 bits per heavy atom. The second-order valence-electron chi connectivity index (χ2n) is 2.68. The van der Waals surface area contributed by atoms with Gasteiger partial charge in [-0.1, -0.05) is 0 Å². The Bertz CT molecular complexity index is 271. The summed E-state index contributed by atoms with van der Waals surface area (Å²) in [6, 6.07) is 0. The van der Waals surface area contributed by atoms with Crippen LogP contribution in [0.1, 0.15) is 12.8 Å². The van der Waals surface area contributed by atoms with Crippen molar-refractivity contribution in [3.63, 3.8) is 0 Å². The molecule has 0 aromatic heterocycles. The third-order valence-electron chi connectivity index (χ3n) is 1.75. The van der Waals surface area contributed by atoms with Crippen LogP contribution in [0.25, 0.3) is 0 Å². The van der Waals surface area contributed by atoms with Crippen molar-refractivity contribution in [2.24, 2.45) is 5.92 Å². The average Bonchev–Trinajstić information content (AvgIpc) is 2.29. The van der Waals surface area contributed by atoms with E-state index in [4.69, 9.17) is 10.7 Å². The summed E-state index contributed by atoms with van der Waals surface area (Å²) in [6.45, 7) is 0.395. The molecule has 0 aliphatic carbocycles. The molecule has 1 aliphatic heterocycles. The summed E-state index contributed by atoms with van der Waals surface area (Å²) in [5.41, 5.74) is 0. The molecule has 4 nitrogen and oxygen atoms in total. The molecule has 0 radical (unpaired) electrons. The van der Waals surface area contributed by atoms with Crippen molar-refractivity contribution >= 4 is 25.7 Å². The summed E-state index contributed by atoms with van der Waals surface area (Å²) in [6.07, 6.45) is 0.871. The molecule has 1 rings (SSSR count). The summed E-state index contributed by atoms with van der Waals surface area (Å²) in [4.78, 5) is 10.8. The summed E-state index contributed by atoms with van der Waals surface area (Å²) in [5.74, 6) is -0.747. The first kappa shape index (κ1) is 9.80. The largest absolute Gasteiger partial charge is 0.465 e. The van der Waals surface area contributed by atoms with Crippen LogP contribution < -0.4 is 0 Å². The van der Waals surface area contributed by atoms with E-state index in [1.165, 1.54) is 0 Å². The standard InChI is InChI=1S/C6H9ClO4S/c7-12(9,10)4-2-5-1-3-11-6(5)8/h5H,1-4H2/t5-/m1/s1. The monoisotopic (exact) mass is 212 g/mol. The highest BCUT2D eigenvalue weighted by Crippen LogP contribution is 2.19. The third-order valence-corrected chi connectivity index (χ3v) is 2.94. The zero-order valence-electron chi connectivity index (χ0n) is 6.32. The van der Waals surface area contributed by atoms with Crippen LogP contribution in [0.5, 0.6) is 0 Å². The van der Waals surface area contributed by atoms with E-state index in [-0.39, 0.29) is 24.1 Å². The van der Waals surface area contributed by atoms with E-state index in [1.54, 1.807) is 0 Å². The second-order valence-corrected chi connectivity index (χ2v) is 5.58. The van der Waals surface area contributed by atoms with Gasteiger partial charge < -0.3 is 4.74 Å². The van der Waals surface area contributed by atoms with Crippen LogP contribution in [-0.4, -0.2) is 26.7 Å². The van der Waals surface area contributed by atoms with Gasteiger partial charge in [0.15, 0.2) is 0 Å². The number of carbonyl (C=O) groups excluding carboxylic acids is 1. The van der Waals surface area contributed by atoms with Gasteiger partial charge in [0.2, 0.25) is 9.05 Å². The fourth-order valence-electron chi connectivity index (χ4n) is 1.08. The number of rotatable bonds is 3. The number of halogens is 1. The molecule has 1 heterocycles. The molecule has 0 aromatic rings. The molecule has 1 fully saturated rings. The lowest BCUT2D eigenvalue weighted by Crippen LogP contribution is -2.11. The van der Waals surface area contributed by atoms with E-state index in [2.05, 4.69) is 4.74 Å². The van der Waals surface area contributed by atoms with Gasteiger partial charge in [0.05, 0.1) is 18.3 Å². The van der Waals surface area contributed by atoms with Crippen molar-refractivity contribution in [2.45, 2.75) is 12.8 Å². The molecule has 0 spiro atoms. The van der Waals surface area contributed by atoms with Crippen LogP contribution in [0.3, 0.4) is 0 Å². The van der Waals surface area contributed by atoms with E-state index < -0.39 is 9.05 Å². The number of hydrogen-bond acceptors (Lipinski definition) is 4. The van der Waals surface area contributed by atoms with Crippen molar-refractivity contribution < 1.29 is 17.9 Å². The van der Waals surface area contributed by atoms with Crippen LogP contribution in [0.15, 0.2) is 0 Å². The number of carbonyl (C=O) groups is 1. The summed E-state index contributed by atoms with van der Waals surface area (Å²) in [7, 11) is 1.51. The Labute approximate surface area is 75.3 Å². The van der Waals surface area contributed by atoms with Crippen LogP contribution in [0.4, 0.5) is 0 Å². The van der Waals surface area contributed by atoms with E-state index >= 15 is 0 Å². The number of cyclic esters (lactones) is 1. The Hall–Kier alpha value is -0.290. The van der Waals surface area contributed by atoms with Crippen LogP contribution in [0.2, 0.25) is 0 Å². The highest BCUT2D eigenvalue weighted by Gasteiger charge is 2.27. The topological polar surface area (TPSA) is 60.4 Å². The lowest BCUT2D eigenvalue weighted by molar-refractivity contribution is -0.141. The third kappa shape index (κ3) is 2.98. The van der Waals surface area contributed by atoms with E-state index in [1.807, 2.05) is 0 Å². The molecule has 1 atom stereocenters. The first-order valence-corrected chi connectivity index (χ1v) is 6.06. The summed E-state index contributed by atoms with van der Waals surface area (Å²) < 4.78 is 25.7. The molecule has 0 N–H and O–H groups in total. The van der Waals surface area contributed by atoms with E-state index in [9.17, 15) is 13.2 Å². The van der Waals surface area contributed by atoms with Gasteiger partial charge in [0.1, 0.15) is 0 Å². The fraction of sp³-hybridized carbons (Fsp3) is 0.833. The van der Waals surface area contributed by atoms with Crippen LogP contribution >= 0.6 is 10.7 Å². The van der Waals surface area contributed by atoms with Gasteiger partial charge >= 0.3 is 5.97 Å². The minimum absolute atomic E-state index is 0.158. The van der Waals surface area contributed by atoms with Crippen molar-refractivity contribution in [3.05, 3.63) is 0 Å². The molecule has 0 bridgehead atoms. The molecular formula is C6H9ClO4S. The normalized spacial score (nSPS) is 24.1. The molecule has 1 aliphatic rings. The molecule has 0 aromatic carbocycles. The molecule has 0 saturated carbocycles. The fourth-order valence-corrected chi connectivity index (χ4v) is 1.92. The van der Waals surface area contributed by atoms with E-state index in [0.717, 1.165) is 0 Å². The smallest absolute Gasteiger partial charge is 0.309 e. The molecular weight excluding hydrogens is 204 g/mol. The molecule has 6 heteroatoms. The van der Waals surface area contributed by atoms with Gasteiger partial charge in [-0.25, -0.2) is 8.42 Å². The molecule has 70 valence electrons. The van der Waals surface area contributed by atoms with Crippen LogP contribution in [-0.2, 0) is 18.6 Å². The van der Waals surface area contributed by atoms with Crippen molar-refractivity contribution in [2.75, 3.05) is 12.4 Å². The van der Waals surface area contributed by atoms with Crippen molar-refractivity contribution in [1.29, 1.82) is 0 Å². The van der Waals surface area contributed by atoms with E-state index in [0.29, 0.717) is 13.0 Å². The summed E-state index contributed by atoms with van der Waals surface area (Å²) in [5, 5.41) is 0. The maximum Gasteiger partial charge on any atom is 0.309 e. The zero-order valence-corrected chi connectivity index (χ0v) is 7.90. The SMILES string of the molecule is O=C1OCC[C@@H]1CCS(=O)(=O)Cl. The van der Waals surface area contributed by atoms with Crippen LogP contribution in [0, 0.1) is 5.92 Å². The molecule has 1 saturated heterocycles. The van der Waals surface area contributed by atoms with Gasteiger partial charge in [-0.05, 0) is 12.8 Å². The van der Waals surface area contributed by atoms with Gasteiger partial charge in [-0.3, -0.25) is 4.79 Å². The van der Waals surface area contributed by atoms with Gasteiger partial charge in [-0.15, -0.1) is 0 Å². The number of ether oxygens (including phenoxy) is 1. The Morgan fingerprint density at radius 3 is 2.67 bits per heavy atom. The maximum atomic E-state index is 10.8. The molecule has 0 unspecified atom stereocenters. The predicted molar refractivity (Wildman–Crippen MR) is 43.3 cm³/mol. The lowest BCUT2D eigenvalue weighted by Gasteiger charge is -2.01. The maximum absolute atomic E-state index is 10.8. The summed E-state index contributed by atoms with van der Waals surface area (Å²) >= 11 is 0. The second kappa shape index (κ2) is 3.62. The zero-order chi connectivity index (χ0) is 9.19. The van der Waals surface area contributed by atoms with Gasteiger partial charge in [0, 0.05) is 10.7 Å². The Balaban J connectivity index is 2.37. The highest BCUT2D eigenvalue weighted by atomic mass is 35.7. The molecule has 0 amide bonds. The quantitative estimate of drug-likeness (QED) is 0.505. The average molecular weight is 213 g/mol. The minimum atomic E-state index is -3.47. The van der Waals surface area contributed by atoms with Gasteiger partial charge in [-0.2, -0.15) is 0 Å². The number of esters is 1. The highest BCUT2D eigenvalue weighted by molar-refractivity contribution is 8.13.